The molecule has 0 saturated carbocycles. The summed E-state index contributed by atoms with van der Waals surface area (Å²) in [6.07, 6.45) is 8.57. The lowest BCUT2D eigenvalue weighted by Gasteiger charge is -2.11. The summed E-state index contributed by atoms with van der Waals surface area (Å²) >= 11 is 0. The highest BCUT2D eigenvalue weighted by atomic mass is 14.9. The van der Waals surface area contributed by atoms with Crippen molar-refractivity contribution in [1.82, 2.24) is 0 Å². The minimum Gasteiger partial charge on any atom is -0.381 e. The van der Waals surface area contributed by atoms with Crippen LogP contribution in [0.1, 0.15) is 31.4 Å². The molecule has 1 heteroatoms. The molecule has 0 unspecified atom stereocenters. The molecule has 0 atom stereocenters. The lowest BCUT2D eigenvalue weighted by Crippen LogP contribution is -2.03. The predicted molar refractivity (Wildman–Crippen MR) is 148 cm³/mol. The first-order chi connectivity index (χ1) is 16.7. The first-order valence-corrected chi connectivity index (χ1v) is 12.1. The van der Waals surface area contributed by atoms with Crippen molar-refractivity contribution in [3.63, 3.8) is 0 Å². The highest BCUT2D eigenvalue weighted by Gasteiger charge is 2.05. The summed E-state index contributed by atoms with van der Waals surface area (Å²) in [6, 6.07) is 37.1. The second kappa shape index (κ2) is 11.9. The fraction of sp³-hybridized carbons (Fsp3) is 0.152. The van der Waals surface area contributed by atoms with Crippen molar-refractivity contribution in [3.8, 4) is 22.3 Å². The third kappa shape index (κ3) is 6.36. The van der Waals surface area contributed by atoms with Crippen LogP contribution in [0, 0.1) is 0 Å². The van der Waals surface area contributed by atoms with Gasteiger partial charge in [0.15, 0.2) is 0 Å². The van der Waals surface area contributed by atoms with Gasteiger partial charge < -0.3 is 5.32 Å². The van der Waals surface area contributed by atoms with Crippen LogP contribution in [0.2, 0.25) is 0 Å². The molecule has 0 aliphatic carbocycles. The summed E-state index contributed by atoms with van der Waals surface area (Å²) in [6.45, 7) is 5.08. The molecule has 0 spiro atoms. The van der Waals surface area contributed by atoms with Gasteiger partial charge in [-0.25, -0.2) is 0 Å². The van der Waals surface area contributed by atoms with Gasteiger partial charge in [-0.1, -0.05) is 110 Å². The number of allylic oxidation sites excluding steroid dienone is 2. The quantitative estimate of drug-likeness (QED) is 0.255. The molecular formula is C33H33N. The van der Waals surface area contributed by atoms with Gasteiger partial charge in [0.05, 0.1) is 0 Å². The molecule has 0 aliphatic heterocycles. The van der Waals surface area contributed by atoms with E-state index >= 15 is 0 Å². The number of nitrogens with one attached hydrogen (secondary N) is 1. The summed E-state index contributed by atoms with van der Waals surface area (Å²) in [4.78, 5) is 0. The second-order valence-corrected chi connectivity index (χ2v) is 8.55. The molecule has 0 amide bonds. The summed E-state index contributed by atoms with van der Waals surface area (Å²) in [7, 11) is 0. The first-order valence-electron chi connectivity index (χ1n) is 12.1. The molecule has 0 radical (unpaired) electrons. The van der Waals surface area contributed by atoms with Crippen LogP contribution in [0.25, 0.3) is 22.3 Å². The molecule has 0 fully saturated rings. The van der Waals surface area contributed by atoms with E-state index in [0.717, 1.165) is 25.1 Å². The lowest BCUT2D eigenvalue weighted by molar-refractivity contribution is 1.19. The SMILES string of the molecule is C/C=C(\C=C/CC)CNc1cccc(-c2cccc(-c3cccc(Cc4ccccc4)c3)c2)c1. The Balaban J connectivity index is 1.52. The van der Waals surface area contributed by atoms with Crippen LogP contribution in [-0.2, 0) is 6.42 Å². The van der Waals surface area contributed by atoms with E-state index in [1.165, 1.54) is 39.0 Å². The Morgan fingerprint density at radius 1 is 0.676 bits per heavy atom. The maximum Gasteiger partial charge on any atom is 0.0397 e. The smallest absolute Gasteiger partial charge is 0.0397 e. The molecular weight excluding hydrogens is 410 g/mol. The van der Waals surface area contributed by atoms with Crippen molar-refractivity contribution in [2.45, 2.75) is 26.7 Å². The van der Waals surface area contributed by atoms with Crippen molar-refractivity contribution >= 4 is 5.69 Å². The van der Waals surface area contributed by atoms with Crippen molar-refractivity contribution in [2.75, 3.05) is 11.9 Å². The minimum atomic E-state index is 0.824. The van der Waals surface area contributed by atoms with Gasteiger partial charge in [-0.05, 0) is 76.9 Å². The molecule has 0 heterocycles. The number of hydrogen-bond donors (Lipinski definition) is 1. The molecule has 4 aromatic carbocycles. The van der Waals surface area contributed by atoms with Crippen molar-refractivity contribution < 1.29 is 0 Å². The molecule has 0 saturated heterocycles. The number of anilines is 1. The summed E-state index contributed by atoms with van der Waals surface area (Å²) < 4.78 is 0. The highest BCUT2D eigenvalue weighted by Crippen LogP contribution is 2.29. The average Bonchev–Trinajstić information content (AvgIpc) is 2.90. The Hall–Kier alpha value is -3.84. The van der Waals surface area contributed by atoms with Gasteiger partial charge in [-0.2, -0.15) is 0 Å². The topological polar surface area (TPSA) is 12.0 Å². The van der Waals surface area contributed by atoms with Crippen LogP contribution >= 0.6 is 0 Å². The molecule has 170 valence electrons. The van der Waals surface area contributed by atoms with Gasteiger partial charge in [-0.3, -0.25) is 0 Å². The van der Waals surface area contributed by atoms with Gasteiger partial charge in [0.25, 0.3) is 0 Å². The van der Waals surface area contributed by atoms with Crippen LogP contribution in [-0.4, -0.2) is 6.54 Å². The predicted octanol–water partition coefficient (Wildman–Crippen LogP) is 8.94. The Labute approximate surface area is 204 Å². The average molecular weight is 444 g/mol. The molecule has 1 N–H and O–H groups in total. The molecule has 0 bridgehead atoms. The normalized spacial score (nSPS) is 11.6. The van der Waals surface area contributed by atoms with Gasteiger partial charge in [0, 0.05) is 12.2 Å². The molecule has 34 heavy (non-hydrogen) atoms. The maximum absolute atomic E-state index is 3.57. The Kier molecular flexibility index (Phi) is 8.13. The number of hydrogen-bond acceptors (Lipinski definition) is 1. The highest BCUT2D eigenvalue weighted by molar-refractivity contribution is 5.75. The van der Waals surface area contributed by atoms with Crippen molar-refractivity contribution in [3.05, 3.63) is 138 Å². The van der Waals surface area contributed by atoms with E-state index in [9.17, 15) is 0 Å². The minimum absolute atomic E-state index is 0.824. The number of rotatable bonds is 9. The Morgan fingerprint density at radius 3 is 2.00 bits per heavy atom. The standard InChI is InChI=1S/C33H33N/c1-3-5-12-26(4-2)25-34-33-20-11-19-32(24-33)31-18-10-17-30(23-31)29-16-9-15-28(22-29)21-27-13-7-6-8-14-27/h4-20,22-24,34H,3,21,25H2,1-2H3/b12-5-,26-4+. The van der Waals surface area contributed by atoms with Gasteiger partial charge >= 0.3 is 0 Å². The van der Waals surface area contributed by atoms with Crippen LogP contribution in [0.4, 0.5) is 5.69 Å². The van der Waals surface area contributed by atoms with Crippen molar-refractivity contribution in [2.24, 2.45) is 0 Å². The van der Waals surface area contributed by atoms with E-state index < -0.39 is 0 Å². The number of benzene rings is 4. The van der Waals surface area contributed by atoms with E-state index in [1.54, 1.807) is 0 Å². The molecule has 4 aromatic rings. The van der Waals surface area contributed by atoms with Crippen molar-refractivity contribution in [1.29, 1.82) is 0 Å². The van der Waals surface area contributed by atoms with Gasteiger partial charge in [0.2, 0.25) is 0 Å². The van der Waals surface area contributed by atoms with Crippen LogP contribution in [0.3, 0.4) is 0 Å². The fourth-order valence-electron chi connectivity index (χ4n) is 4.11. The van der Waals surface area contributed by atoms with E-state index in [0.29, 0.717) is 0 Å². The third-order valence-electron chi connectivity index (χ3n) is 6.00. The van der Waals surface area contributed by atoms with E-state index in [4.69, 9.17) is 0 Å². The lowest BCUT2D eigenvalue weighted by atomic mass is 9.96. The van der Waals surface area contributed by atoms with Crippen LogP contribution in [0.15, 0.2) is 127 Å². The van der Waals surface area contributed by atoms with E-state index in [-0.39, 0.29) is 0 Å². The molecule has 0 aromatic heterocycles. The fourth-order valence-corrected chi connectivity index (χ4v) is 4.11. The zero-order valence-electron chi connectivity index (χ0n) is 20.2. The van der Waals surface area contributed by atoms with Gasteiger partial charge in [-0.15, -0.1) is 0 Å². The largest absolute Gasteiger partial charge is 0.381 e. The Bertz CT molecular complexity index is 1260. The van der Waals surface area contributed by atoms with Crippen LogP contribution < -0.4 is 5.32 Å². The first kappa shape index (κ1) is 23.3. The monoisotopic (exact) mass is 443 g/mol. The molecule has 0 aliphatic rings. The molecule has 4 rings (SSSR count). The van der Waals surface area contributed by atoms with Crippen LogP contribution in [0.5, 0.6) is 0 Å². The third-order valence-corrected chi connectivity index (χ3v) is 6.00. The molecule has 1 nitrogen and oxygen atoms in total. The summed E-state index contributed by atoms with van der Waals surface area (Å²) in [5.74, 6) is 0. The van der Waals surface area contributed by atoms with E-state index in [2.05, 4.69) is 141 Å². The van der Waals surface area contributed by atoms with E-state index in [1.807, 2.05) is 0 Å². The second-order valence-electron chi connectivity index (χ2n) is 8.55. The zero-order valence-corrected chi connectivity index (χ0v) is 20.2. The zero-order chi connectivity index (χ0) is 23.6. The summed E-state index contributed by atoms with van der Waals surface area (Å²) in [5.41, 5.74) is 10.0. The van der Waals surface area contributed by atoms with Gasteiger partial charge in [0.1, 0.15) is 0 Å². The maximum atomic E-state index is 3.57. The summed E-state index contributed by atoms with van der Waals surface area (Å²) in [5, 5.41) is 3.57. The Morgan fingerprint density at radius 2 is 1.29 bits per heavy atom.